The molecule has 0 unspecified atom stereocenters. The Balaban J connectivity index is 1.33. The maximum Gasteiger partial charge on any atom is 0.142 e. The molecular weight excluding hydrogens is 477 g/mol. The van der Waals surface area contributed by atoms with Crippen molar-refractivity contribution in [3.8, 4) is 17.2 Å². The monoisotopic (exact) mass is 505 g/mol. The van der Waals surface area contributed by atoms with E-state index in [1.54, 1.807) is 6.07 Å². The first-order valence-electron chi connectivity index (χ1n) is 12.2. The van der Waals surface area contributed by atoms with Crippen molar-refractivity contribution in [2.45, 2.75) is 36.0 Å². The molecule has 1 N–H and O–H groups in total. The fraction of sp³-hybridized carbons (Fsp3) is 0.345. The summed E-state index contributed by atoms with van der Waals surface area (Å²) in [5.74, 6) is 0.511. The summed E-state index contributed by atoms with van der Waals surface area (Å²) in [5, 5.41) is 9.39. The van der Waals surface area contributed by atoms with Crippen molar-refractivity contribution in [2.75, 3.05) is 26.2 Å². The molecule has 0 bridgehead atoms. The molecule has 2 fully saturated rings. The van der Waals surface area contributed by atoms with Crippen LogP contribution in [-0.4, -0.2) is 31.1 Å². The molecule has 0 aromatic heterocycles. The lowest BCUT2D eigenvalue weighted by Gasteiger charge is -2.42. The summed E-state index contributed by atoms with van der Waals surface area (Å²) < 4.78 is 17.4. The number of nitriles is 1. The number of nitrogens with zero attached hydrogens (tertiary/aromatic N) is 2. The summed E-state index contributed by atoms with van der Waals surface area (Å²) in [6.45, 7) is 4.24. The van der Waals surface area contributed by atoms with Gasteiger partial charge in [-0.2, -0.15) is 5.26 Å². The minimum atomic E-state index is -0.391. The maximum absolute atomic E-state index is 13.9. The van der Waals surface area contributed by atoms with Gasteiger partial charge in [0.2, 0.25) is 0 Å². The molecule has 3 aromatic carbocycles. The Labute approximate surface area is 216 Å². The first kappa shape index (κ1) is 24.3. The van der Waals surface area contributed by atoms with E-state index in [1.165, 1.54) is 43.0 Å². The third-order valence-corrected chi connectivity index (χ3v) is 8.43. The van der Waals surface area contributed by atoms with Crippen LogP contribution in [0.3, 0.4) is 0 Å². The Morgan fingerprint density at radius 2 is 1.80 bits per heavy atom. The minimum absolute atomic E-state index is 0.0189. The van der Waals surface area contributed by atoms with Crippen LogP contribution in [-0.2, 0) is 5.41 Å². The van der Waals surface area contributed by atoms with E-state index >= 15 is 0 Å². The van der Waals surface area contributed by atoms with E-state index in [1.807, 2.05) is 30.3 Å². The Morgan fingerprint density at radius 1 is 1.03 bits per heavy atom. The standard InChI is InChI=1S/C29H29ClFN3S/c30-27-11-10-26(17-28(27)31)35-33-20-29(12-14-34(15-13-29)19-21-4-5-21)25-8-6-23(7-9-25)24-3-1-2-22(16-24)18-32/h1-3,6-11,16-17,21,33H,4-5,12-15,19-20H2. The second kappa shape index (κ2) is 10.7. The molecule has 5 rings (SSSR count). The normalized spacial score (nSPS) is 17.7. The number of likely N-dealkylation sites (tertiary alicyclic amines) is 1. The molecule has 0 radical (unpaired) electrons. The summed E-state index contributed by atoms with van der Waals surface area (Å²) in [6.07, 6.45) is 4.94. The van der Waals surface area contributed by atoms with Gasteiger partial charge in [0.1, 0.15) is 5.82 Å². The van der Waals surface area contributed by atoms with E-state index in [0.29, 0.717) is 5.56 Å². The van der Waals surface area contributed by atoms with Crippen molar-refractivity contribution in [3.63, 3.8) is 0 Å². The Kier molecular flexibility index (Phi) is 7.45. The predicted molar refractivity (Wildman–Crippen MR) is 142 cm³/mol. The van der Waals surface area contributed by atoms with Crippen molar-refractivity contribution < 1.29 is 4.39 Å². The summed E-state index contributed by atoms with van der Waals surface area (Å²) in [6, 6.07) is 23.7. The van der Waals surface area contributed by atoms with Crippen LogP contribution in [0.5, 0.6) is 0 Å². The molecule has 2 aliphatic rings. The molecule has 3 aromatic rings. The molecule has 1 saturated heterocycles. The molecule has 1 aliphatic heterocycles. The second-order valence-corrected chi connectivity index (χ2v) is 11.2. The number of nitrogens with one attached hydrogen (secondary N) is 1. The zero-order chi connectivity index (χ0) is 24.3. The highest BCUT2D eigenvalue weighted by atomic mass is 35.5. The largest absolute Gasteiger partial charge is 0.303 e. The van der Waals surface area contributed by atoms with Gasteiger partial charge in [0.05, 0.1) is 16.7 Å². The lowest BCUT2D eigenvalue weighted by Crippen LogP contribution is -2.47. The summed E-state index contributed by atoms with van der Waals surface area (Å²) in [7, 11) is 0. The molecule has 0 atom stereocenters. The van der Waals surface area contributed by atoms with Crippen molar-refractivity contribution in [1.82, 2.24) is 9.62 Å². The number of hydrogen-bond donors (Lipinski definition) is 1. The van der Waals surface area contributed by atoms with Gasteiger partial charge < -0.3 is 4.90 Å². The highest BCUT2D eigenvalue weighted by Gasteiger charge is 2.37. The van der Waals surface area contributed by atoms with Crippen LogP contribution in [0.1, 0.15) is 36.8 Å². The average molecular weight is 506 g/mol. The summed E-state index contributed by atoms with van der Waals surface area (Å²) in [4.78, 5) is 3.44. The van der Waals surface area contributed by atoms with Gasteiger partial charge >= 0.3 is 0 Å². The smallest absolute Gasteiger partial charge is 0.142 e. The van der Waals surface area contributed by atoms with Crippen LogP contribution in [0.2, 0.25) is 5.02 Å². The van der Waals surface area contributed by atoms with E-state index in [0.717, 1.165) is 54.4 Å². The lowest BCUT2D eigenvalue weighted by molar-refractivity contribution is 0.155. The Morgan fingerprint density at radius 3 is 2.49 bits per heavy atom. The summed E-state index contributed by atoms with van der Waals surface area (Å²) in [5.41, 5.74) is 4.20. The second-order valence-electron chi connectivity index (χ2n) is 9.79. The molecule has 6 heteroatoms. The van der Waals surface area contributed by atoms with Crippen LogP contribution in [0, 0.1) is 23.1 Å². The molecule has 0 spiro atoms. The van der Waals surface area contributed by atoms with Gasteiger partial charge in [-0.1, -0.05) is 48.0 Å². The zero-order valence-corrected chi connectivity index (χ0v) is 21.2. The van der Waals surface area contributed by atoms with Gasteiger partial charge in [-0.15, -0.1) is 0 Å². The maximum atomic E-state index is 13.9. The molecule has 1 aliphatic carbocycles. The molecule has 3 nitrogen and oxygen atoms in total. The highest BCUT2D eigenvalue weighted by molar-refractivity contribution is 7.97. The van der Waals surface area contributed by atoms with Gasteiger partial charge in [-0.25, -0.2) is 4.39 Å². The minimum Gasteiger partial charge on any atom is -0.303 e. The third kappa shape index (κ3) is 5.90. The first-order valence-corrected chi connectivity index (χ1v) is 13.4. The van der Waals surface area contributed by atoms with Gasteiger partial charge in [0.15, 0.2) is 0 Å². The third-order valence-electron chi connectivity index (χ3n) is 7.34. The molecule has 1 saturated carbocycles. The lowest BCUT2D eigenvalue weighted by atomic mass is 9.72. The van der Waals surface area contributed by atoms with Crippen LogP contribution < -0.4 is 4.72 Å². The quantitative estimate of drug-likeness (QED) is 0.333. The van der Waals surface area contributed by atoms with Crippen molar-refractivity contribution in [3.05, 3.63) is 88.7 Å². The average Bonchev–Trinajstić information content (AvgIpc) is 3.71. The highest BCUT2D eigenvalue weighted by Crippen LogP contribution is 2.39. The number of piperidine rings is 1. The van der Waals surface area contributed by atoms with Crippen LogP contribution in [0.4, 0.5) is 4.39 Å². The predicted octanol–water partition coefficient (Wildman–Crippen LogP) is 7.06. The fourth-order valence-corrected chi connectivity index (χ4v) is 5.91. The van der Waals surface area contributed by atoms with Crippen LogP contribution in [0.15, 0.2) is 71.6 Å². The van der Waals surface area contributed by atoms with Gasteiger partial charge in [0, 0.05) is 23.4 Å². The molecule has 1 heterocycles. The molecule has 180 valence electrons. The van der Waals surface area contributed by atoms with E-state index in [9.17, 15) is 9.65 Å². The molecule has 0 amide bonds. The SMILES string of the molecule is N#Cc1cccc(-c2ccc(C3(CNSc4ccc(Cl)c(F)c4)CCN(CC4CC4)CC3)cc2)c1. The zero-order valence-electron chi connectivity index (χ0n) is 19.6. The Bertz CT molecular complexity index is 1210. The summed E-state index contributed by atoms with van der Waals surface area (Å²) >= 11 is 7.30. The fourth-order valence-electron chi connectivity index (χ4n) is 4.98. The van der Waals surface area contributed by atoms with E-state index in [4.69, 9.17) is 11.6 Å². The Hall–Kier alpha value is -2.36. The number of rotatable bonds is 8. The van der Waals surface area contributed by atoms with Crippen LogP contribution >= 0.6 is 23.5 Å². The topological polar surface area (TPSA) is 39.1 Å². The van der Waals surface area contributed by atoms with Crippen molar-refractivity contribution in [1.29, 1.82) is 5.26 Å². The van der Waals surface area contributed by atoms with Crippen molar-refractivity contribution >= 4 is 23.5 Å². The first-order chi connectivity index (χ1) is 17.0. The van der Waals surface area contributed by atoms with Gasteiger partial charge in [-0.05, 0) is 104 Å². The van der Waals surface area contributed by atoms with Gasteiger partial charge in [-0.3, -0.25) is 4.72 Å². The van der Waals surface area contributed by atoms with Gasteiger partial charge in [0.25, 0.3) is 0 Å². The number of hydrogen-bond acceptors (Lipinski definition) is 4. The number of halogens is 2. The molecule has 35 heavy (non-hydrogen) atoms. The van der Waals surface area contributed by atoms with E-state index in [2.05, 4.69) is 40.0 Å². The van der Waals surface area contributed by atoms with E-state index in [-0.39, 0.29) is 10.4 Å². The van der Waals surface area contributed by atoms with E-state index < -0.39 is 5.82 Å². The van der Waals surface area contributed by atoms with Crippen LogP contribution in [0.25, 0.3) is 11.1 Å². The number of benzene rings is 3. The molecular formula is C29H29ClFN3S. The van der Waals surface area contributed by atoms with Crippen molar-refractivity contribution in [2.24, 2.45) is 5.92 Å².